The SMILES string of the molecule is CCOC(F)(F)C(=O)NN. The van der Waals surface area contributed by atoms with Crippen LogP contribution in [0.2, 0.25) is 0 Å². The van der Waals surface area contributed by atoms with Crippen molar-refractivity contribution >= 4 is 5.91 Å². The van der Waals surface area contributed by atoms with Crippen LogP contribution >= 0.6 is 0 Å². The van der Waals surface area contributed by atoms with Crippen molar-refractivity contribution in [2.45, 2.75) is 13.0 Å². The Morgan fingerprint density at radius 1 is 1.80 bits per heavy atom. The van der Waals surface area contributed by atoms with E-state index in [1.54, 1.807) is 0 Å². The van der Waals surface area contributed by atoms with Crippen LogP contribution in [0.15, 0.2) is 0 Å². The van der Waals surface area contributed by atoms with Crippen molar-refractivity contribution in [3.63, 3.8) is 0 Å². The van der Waals surface area contributed by atoms with E-state index < -0.39 is 12.0 Å². The zero-order valence-electron chi connectivity index (χ0n) is 5.36. The monoisotopic (exact) mass is 154 g/mol. The second kappa shape index (κ2) is 3.43. The molecule has 0 aliphatic carbocycles. The van der Waals surface area contributed by atoms with Crippen molar-refractivity contribution in [3.8, 4) is 0 Å². The van der Waals surface area contributed by atoms with Crippen LogP contribution < -0.4 is 11.3 Å². The molecular formula is C4H8F2N2O2. The minimum atomic E-state index is -3.82. The maximum Gasteiger partial charge on any atom is 0.437 e. The molecule has 0 saturated carbocycles. The van der Waals surface area contributed by atoms with Gasteiger partial charge in [0.25, 0.3) is 0 Å². The summed E-state index contributed by atoms with van der Waals surface area (Å²) in [5.41, 5.74) is 1.28. The van der Waals surface area contributed by atoms with Crippen LogP contribution in [0, 0.1) is 0 Å². The minimum Gasteiger partial charge on any atom is -0.313 e. The summed E-state index contributed by atoms with van der Waals surface area (Å²) >= 11 is 0. The first-order valence-corrected chi connectivity index (χ1v) is 2.57. The van der Waals surface area contributed by atoms with Crippen LogP contribution in [0.4, 0.5) is 8.78 Å². The smallest absolute Gasteiger partial charge is 0.313 e. The molecule has 0 aliphatic heterocycles. The number of ether oxygens (including phenoxy) is 1. The number of hydrogen-bond donors (Lipinski definition) is 2. The van der Waals surface area contributed by atoms with E-state index in [0.29, 0.717) is 0 Å². The molecule has 1 amide bonds. The normalized spacial score (nSPS) is 11.2. The predicted molar refractivity (Wildman–Crippen MR) is 28.9 cm³/mol. The van der Waals surface area contributed by atoms with Gasteiger partial charge in [-0.15, -0.1) is 0 Å². The Bertz CT molecular complexity index is 128. The van der Waals surface area contributed by atoms with Gasteiger partial charge >= 0.3 is 12.0 Å². The van der Waals surface area contributed by atoms with Crippen LogP contribution in [0.3, 0.4) is 0 Å². The van der Waals surface area contributed by atoms with Gasteiger partial charge in [-0.1, -0.05) is 0 Å². The molecule has 0 heterocycles. The molecule has 3 N–H and O–H groups in total. The molecule has 60 valence electrons. The summed E-state index contributed by atoms with van der Waals surface area (Å²) < 4.78 is 28.0. The number of carbonyl (C=O) groups is 1. The average molecular weight is 154 g/mol. The maximum absolute atomic E-state index is 12.1. The molecule has 0 fully saturated rings. The van der Waals surface area contributed by atoms with Crippen molar-refractivity contribution in [2.24, 2.45) is 5.84 Å². The van der Waals surface area contributed by atoms with E-state index >= 15 is 0 Å². The highest BCUT2D eigenvalue weighted by atomic mass is 19.3. The van der Waals surface area contributed by atoms with E-state index in [4.69, 9.17) is 0 Å². The Morgan fingerprint density at radius 2 is 2.30 bits per heavy atom. The van der Waals surface area contributed by atoms with E-state index in [1.807, 2.05) is 0 Å². The third-order valence-corrected chi connectivity index (χ3v) is 0.721. The van der Waals surface area contributed by atoms with Crippen LogP contribution in [0.1, 0.15) is 6.92 Å². The lowest BCUT2D eigenvalue weighted by molar-refractivity contribution is -0.229. The number of hydrazine groups is 1. The first-order chi connectivity index (χ1) is 4.54. The van der Waals surface area contributed by atoms with Gasteiger partial charge in [-0.2, -0.15) is 8.78 Å². The fourth-order valence-electron chi connectivity index (χ4n) is 0.331. The first kappa shape index (κ1) is 9.25. The van der Waals surface area contributed by atoms with Crippen molar-refractivity contribution < 1.29 is 18.3 Å². The molecule has 0 aliphatic rings. The van der Waals surface area contributed by atoms with Gasteiger partial charge < -0.3 is 4.74 Å². The van der Waals surface area contributed by atoms with Gasteiger partial charge in [-0.05, 0) is 6.92 Å². The lowest BCUT2D eigenvalue weighted by atomic mass is 10.6. The number of alkyl halides is 2. The number of amides is 1. The molecule has 0 aromatic heterocycles. The number of halogens is 2. The molecule has 4 nitrogen and oxygen atoms in total. The molecule has 0 unspecified atom stereocenters. The van der Waals surface area contributed by atoms with E-state index in [-0.39, 0.29) is 6.61 Å². The van der Waals surface area contributed by atoms with Gasteiger partial charge in [0.2, 0.25) is 0 Å². The lowest BCUT2D eigenvalue weighted by Gasteiger charge is -2.12. The molecule has 0 aromatic carbocycles. The standard InChI is InChI=1S/C4H8F2N2O2/c1-2-10-4(5,6)3(9)8-7/h2,7H2,1H3,(H,8,9). The second-order valence-corrected chi connectivity index (χ2v) is 1.42. The van der Waals surface area contributed by atoms with E-state index in [9.17, 15) is 13.6 Å². The molecule has 0 radical (unpaired) electrons. The van der Waals surface area contributed by atoms with E-state index in [2.05, 4.69) is 10.6 Å². The summed E-state index contributed by atoms with van der Waals surface area (Å²) in [7, 11) is 0. The van der Waals surface area contributed by atoms with Gasteiger partial charge in [0.1, 0.15) is 0 Å². The highest BCUT2D eigenvalue weighted by molar-refractivity contribution is 5.81. The summed E-state index contributed by atoms with van der Waals surface area (Å²) in [6, 6.07) is 0. The zero-order valence-corrected chi connectivity index (χ0v) is 5.36. The largest absolute Gasteiger partial charge is 0.437 e. The summed E-state index contributed by atoms with van der Waals surface area (Å²) in [4.78, 5) is 10.1. The summed E-state index contributed by atoms with van der Waals surface area (Å²) in [5, 5.41) is 0. The topological polar surface area (TPSA) is 64.3 Å². The van der Waals surface area contributed by atoms with Crippen LogP contribution in [-0.4, -0.2) is 18.6 Å². The number of nitrogens with one attached hydrogen (secondary N) is 1. The predicted octanol–water partition coefficient (Wildman–Crippen LogP) is -0.394. The molecule has 0 saturated heterocycles. The van der Waals surface area contributed by atoms with Gasteiger partial charge in [0.15, 0.2) is 0 Å². The van der Waals surface area contributed by atoms with Crippen molar-refractivity contribution in [1.82, 2.24) is 5.43 Å². The summed E-state index contributed by atoms with van der Waals surface area (Å²) in [6.45, 7) is 1.10. The first-order valence-electron chi connectivity index (χ1n) is 2.57. The zero-order chi connectivity index (χ0) is 8.20. The van der Waals surface area contributed by atoms with Crippen LogP contribution in [0.5, 0.6) is 0 Å². The molecule has 6 heteroatoms. The molecule has 0 aromatic rings. The number of rotatable bonds is 3. The van der Waals surface area contributed by atoms with Gasteiger partial charge in [0.05, 0.1) is 6.61 Å². The number of nitrogens with two attached hydrogens (primary N) is 1. The number of carbonyl (C=O) groups excluding carboxylic acids is 1. The molecule has 0 spiro atoms. The van der Waals surface area contributed by atoms with Gasteiger partial charge in [0, 0.05) is 0 Å². The highest BCUT2D eigenvalue weighted by Gasteiger charge is 2.39. The molecular weight excluding hydrogens is 146 g/mol. The summed E-state index contributed by atoms with van der Waals surface area (Å²) in [5.74, 6) is 2.78. The van der Waals surface area contributed by atoms with Crippen molar-refractivity contribution in [1.29, 1.82) is 0 Å². The minimum absolute atomic E-state index is 0.250. The van der Waals surface area contributed by atoms with Crippen molar-refractivity contribution in [2.75, 3.05) is 6.61 Å². The van der Waals surface area contributed by atoms with E-state index in [1.165, 1.54) is 12.3 Å². The molecule has 0 rings (SSSR count). The Balaban J connectivity index is 3.96. The fraction of sp³-hybridized carbons (Fsp3) is 0.750. The fourth-order valence-corrected chi connectivity index (χ4v) is 0.331. The lowest BCUT2D eigenvalue weighted by Crippen LogP contribution is -2.45. The quantitative estimate of drug-likeness (QED) is 0.330. The summed E-state index contributed by atoms with van der Waals surface area (Å²) in [6.07, 6.45) is -3.82. The molecule has 0 atom stereocenters. The van der Waals surface area contributed by atoms with Crippen molar-refractivity contribution in [3.05, 3.63) is 0 Å². The Labute approximate surface area is 56.3 Å². The third-order valence-electron chi connectivity index (χ3n) is 0.721. The Morgan fingerprint density at radius 3 is 2.60 bits per heavy atom. The third kappa shape index (κ3) is 2.24. The maximum atomic E-state index is 12.1. The molecule has 0 bridgehead atoms. The average Bonchev–Trinajstić information content (AvgIpc) is 1.86. The van der Waals surface area contributed by atoms with Gasteiger partial charge in [-0.3, -0.25) is 10.2 Å². The Kier molecular flexibility index (Phi) is 3.17. The van der Waals surface area contributed by atoms with Crippen LogP contribution in [0.25, 0.3) is 0 Å². The number of hydrogen-bond acceptors (Lipinski definition) is 3. The Hall–Kier alpha value is -0.750. The highest BCUT2D eigenvalue weighted by Crippen LogP contribution is 2.13. The molecule has 10 heavy (non-hydrogen) atoms. The van der Waals surface area contributed by atoms with Gasteiger partial charge in [-0.25, -0.2) is 5.84 Å². The second-order valence-electron chi connectivity index (χ2n) is 1.42. The van der Waals surface area contributed by atoms with Crippen LogP contribution in [-0.2, 0) is 9.53 Å². The van der Waals surface area contributed by atoms with E-state index in [0.717, 1.165) is 0 Å².